The lowest BCUT2D eigenvalue weighted by atomic mass is 9.96. The van der Waals surface area contributed by atoms with Crippen LogP contribution in [0.1, 0.15) is 50.7 Å². The van der Waals surface area contributed by atoms with Crippen molar-refractivity contribution in [3.63, 3.8) is 0 Å². The minimum Gasteiger partial charge on any atom is -0.494 e. The summed E-state index contributed by atoms with van der Waals surface area (Å²) in [5.41, 5.74) is 0. The molecule has 1 aliphatic heterocycles. The lowest BCUT2D eigenvalue weighted by Gasteiger charge is -2.30. The summed E-state index contributed by atoms with van der Waals surface area (Å²) >= 11 is 1.14. The molecule has 31 heavy (non-hydrogen) atoms. The highest BCUT2D eigenvalue weighted by Crippen LogP contribution is 2.27. The fourth-order valence-electron chi connectivity index (χ4n) is 3.21. The van der Waals surface area contributed by atoms with Gasteiger partial charge >= 0.3 is 6.09 Å². The Morgan fingerprint density at radius 3 is 2.68 bits per heavy atom. The van der Waals surface area contributed by atoms with Gasteiger partial charge in [-0.1, -0.05) is 5.16 Å². The average Bonchev–Trinajstić information content (AvgIpc) is 3.25. The van der Waals surface area contributed by atoms with Crippen LogP contribution >= 0.6 is 12.0 Å². The number of carbonyl (C=O) groups is 1. The fraction of sp³-hybridized carbons (Fsp3) is 0.571. The normalized spacial score (nSPS) is 14.8. The highest BCUT2D eigenvalue weighted by Gasteiger charge is 2.28. The number of nitrogens with zero attached hydrogens (tertiary/aromatic N) is 3. The van der Waals surface area contributed by atoms with E-state index in [4.69, 9.17) is 18.3 Å². The quantitative estimate of drug-likeness (QED) is 0.225. The maximum absolute atomic E-state index is 12.0. The van der Waals surface area contributed by atoms with Crippen molar-refractivity contribution in [1.29, 1.82) is 0 Å². The zero-order valence-corrected chi connectivity index (χ0v) is 18.9. The molecule has 1 aliphatic rings. The van der Waals surface area contributed by atoms with Crippen LogP contribution in [0, 0.1) is 0 Å². The smallest absolute Gasteiger partial charge is 0.410 e. The van der Waals surface area contributed by atoms with Gasteiger partial charge in [0.1, 0.15) is 5.75 Å². The summed E-state index contributed by atoms with van der Waals surface area (Å²) in [5.74, 6) is 2.33. The Labute approximate surface area is 186 Å². The predicted octanol–water partition coefficient (Wildman–Crippen LogP) is 4.39. The minimum atomic E-state index is -0.251. The van der Waals surface area contributed by atoms with Crippen molar-refractivity contribution < 1.29 is 28.0 Å². The number of hydrogen-bond acceptors (Lipinski definition) is 9. The molecule has 0 bridgehead atoms. The molecule has 1 aromatic heterocycles. The number of hydrogen-bond donors (Lipinski definition) is 0. The molecule has 1 amide bonds. The Morgan fingerprint density at radius 1 is 1.26 bits per heavy atom. The van der Waals surface area contributed by atoms with Crippen molar-refractivity contribution in [1.82, 2.24) is 15.0 Å². The van der Waals surface area contributed by atoms with E-state index in [2.05, 4.69) is 15.0 Å². The molecule has 10 heteroatoms. The number of aryl methyl sites for hydroxylation is 1. The molecule has 1 aromatic carbocycles. The first-order valence-corrected chi connectivity index (χ1v) is 11.2. The summed E-state index contributed by atoms with van der Waals surface area (Å²) in [6.07, 6.45) is 2.67. The third-order valence-corrected chi connectivity index (χ3v) is 5.43. The molecule has 0 saturated carbocycles. The fourth-order valence-corrected chi connectivity index (χ4v) is 3.60. The predicted molar refractivity (Wildman–Crippen MR) is 114 cm³/mol. The highest BCUT2D eigenvalue weighted by molar-refractivity contribution is 7.94. The van der Waals surface area contributed by atoms with Crippen LogP contribution in [0.3, 0.4) is 0 Å². The van der Waals surface area contributed by atoms with Gasteiger partial charge in [-0.15, -0.1) is 0 Å². The summed E-state index contributed by atoms with van der Waals surface area (Å²) in [5, 5.41) is 4.14. The first-order valence-electron chi connectivity index (χ1n) is 10.4. The molecule has 2 heterocycles. The van der Waals surface area contributed by atoms with Crippen LogP contribution in [0.2, 0.25) is 0 Å². The maximum atomic E-state index is 12.0. The number of amides is 1. The second-order valence-corrected chi connectivity index (χ2v) is 8.26. The van der Waals surface area contributed by atoms with Crippen LogP contribution in [-0.2, 0) is 20.4 Å². The molecule has 0 spiro atoms. The van der Waals surface area contributed by atoms with Crippen molar-refractivity contribution in [3.8, 4) is 5.75 Å². The Balaban J connectivity index is 1.36. The summed E-state index contributed by atoms with van der Waals surface area (Å²) in [4.78, 5) is 23.8. The molecule has 170 valence electrons. The van der Waals surface area contributed by atoms with Crippen molar-refractivity contribution in [2.24, 2.45) is 0 Å². The van der Waals surface area contributed by atoms with E-state index in [0.717, 1.165) is 47.8 Å². The standard InChI is InChI=1S/C21H29N3O6S/c1-15(2)28-21(25)24-12-10-16(11-13-24)20-22-19(29-23-20)5-4-14-27-17-6-8-18(9-7-17)31-30-26-3/h6-9,15-16H,4-5,10-14H2,1-3H3. The van der Waals surface area contributed by atoms with Gasteiger partial charge in [-0.3, -0.25) is 0 Å². The van der Waals surface area contributed by atoms with Crippen LogP contribution in [0.25, 0.3) is 0 Å². The number of piperidine rings is 1. The van der Waals surface area contributed by atoms with Gasteiger partial charge in [0.05, 0.1) is 31.9 Å². The van der Waals surface area contributed by atoms with Gasteiger partial charge in [0.2, 0.25) is 5.89 Å². The van der Waals surface area contributed by atoms with Crippen molar-refractivity contribution in [3.05, 3.63) is 36.0 Å². The van der Waals surface area contributed by atoms with E-state index >= 15 is 0 Å². The molecule has 2 aromatic rings. The van der Waals surface area contributed by atoms with Crippen molar-refractivity contribution >= 4 is 18.1 Å². The lowest BCUT2D eigenvalue weighted by Crippen LogP contribution is -2.39. The molecule has 9 nitrogen and oxygen atoms in total. The average molecular weight is 452 g/mol. The molecule has 1 fully saturated rings. The number of ether oxygens (including phenoxy) is 2. The maximum Gasteiger partial charge on any atom is 0.410 e. The monoisotopic (exact) mass is 451 g/mol. The molecular weight excluding hydrogens is 422 g/mol. The second-order valence-electron chi connectivity index (χ2n) is 7.48. The molecule has 0 N–H and O–H groups in total. The van der Waals surface area contributed by atoms with Crippen LogP contribution in [-0.4, -0.2) is 54.0 Å². The number of benzene rings is 1. The van der Waals surface area contributed by atoms with E-state index in [9.17, 15) is 4.79 Å². The topological polar surface area (TPSA) is 96.2 Å². The van der Waals surface area contributed by atoms with E-state index in [-0.39, 0.29) is 18.1 Å². The number of likely N-dealkylation sites (tertiary alicyclic amines) is 1. The summed E-state index contributed by atoms with van der Waals surface area (Å²) in [7, 11) is 1.46. The molecular formula is C21H29N3O6S. The van der Waals surface area contributed by atoms with Crippen LogP contribution in [0.4, 0.5) is 4.79 Å². The van der Waals surface area contributed by atoms with Gasteiger partial charge in [0.25, 0.3) is 0 Å². The van der Waals surface area contributed by atoms with E-state index in [1.54, 1.807) is 4.90 Å². The molecule has 0 unspecified atom stereocenters. The van der Waals surface area contributed by atoms with Gasteiger partial charge < -0.3 is 18.9 Å². The van der Waals surface area contributed by atoms with Gasteiger partial charge in [-0.2, -0.15) is 9.32 Å². The Kier molecular flexibility index (Phi) is 8.98. The van der Waals surface area contributed by atoms with Gasteiger partial charge in [0, 0.05) is 30.3 Å². The minimum absolute atomic E-state index is 0.108. The highest BCUT2D eigenvalue weighted by atomic mass is 32.2. The molecule has 3 rings (SSSR count). The molecule has 0 radical (unpaired) electrons. The first kappa shape index (κ1) is 23.4. The van der Waals surface area contributed by atoms with Crippen molar-refractivity contribution in [2.75, 3.05) is 26.8 Å². The van der Waals surface area contributed by atoms with E-state index in [0.29, 0.717) is 32.0 Å². The Morgan fingerprint density at radius 2 is 2.00 bits per heavy atom. The summed E-state index contributed by atoms with van der Waals surface area (Å²) < 4.78 is 21.2. The van der Waals surface area contributed by atoms with Crippen LogP contribution in [0.5, 0.6) is 5.75 Å². The first-order chi connectivity index (χ1) is 15.0. The van der Waals surface area contributed by atoms with Crippen LogP contribution < -0.4 is 4.74 Å². The van der Waals surface area contributed by atoms with Gasteiger partial charge in [-0.25, -0.2) is 9.68 Å². The molecule has 1 saturated heterocycles. The third-order valence-electron chi connectivity index (χ3n) is 4.76. The summed E-state index contributed by atoms with van der Waals surface area (Å²) in [6, 6.07) is 7.57. The van der Waals surface area contributed by atoms with E-state index in [1.165, 1.54) is 7.11 Å². The lowest BCUT2D eigenvalue weighted by molar-refractivity contribution is -0.160. The zero-order valence-electron chi connectivity index (χ0n) is 18.1. The van der Waals surface area contributed by atoms with Gasteiger partial charge in [-0.05, 0) is 57.4 Å². The number of rotatable bonds is 10. The Hall–Kier alpha value is -2.30. The number of aromatic nitrogens is 2. The number of carbonyl (C=O) groups excluding carboxylic acids is 1. The van der Waals surface area contributed by atoms with E-state index < -0.39 is 0 Å². The zero-order chi connectivity index (χ0) is 22.1. The van der Waals surface area contributed by atoms with Gasteiger partial charge in [0.15, 0.2) is 5.82 Å². The molecule has 0 atom stereocenters. The van der Waals surface area contributed by atoms with E-state index in [1.807, 2.05) is 38.1 Å². The molecule has 0 aliphatic carbocycles. The third kappa shape index (κ3) is 7.41. The van der Waals surface area contributed by atoms with Crippen molar-refractivity contribution in [2.45, 2.75) is 56.4 Å². The summed E-state index contributed by atoms with van der Waals surface area (Å²) in [6.45, 7) is 5.54. The Bertz CT molecular complexity index is 806. The SMILES string of the molecule is COOSc1ccc(OCCCc2nc(C3CCN(C(=O)OC(C)C)CC3)no2)cc1. The largest absolute Gasteiger partial charge is 0.494 e. The van der Waals surface area contributed by atoms with Crippen LogP contribution in [0.15, 0.2) is 33.7 Å². The second kappa shape index (κ2) is 11.9.